The molecule has 0 saturated heterocycles. The minimum atomic E-state index is -0.104. The minimum Gasteiger partial charge on any atom is -0.467 e. The highest BCUT2D eigenvalue weighted by Crippen LogP contribution is 2.07. The molecule has 0 aliphatic heterocycles. The quantitative estimate of drug-likeness (QED) is 0.529. The SMILES string of the molecule is CCCCCON(Cc1ccco1)C(C)=O. The fourth-order valence-corrected chi connectivity index (χ4v) is 1.32. The molecule has 1 amide bonds. The zero-order valence-corrected chi connectivity index (χ0v) is 9.94. The van der Waals surface area contributed by atoms with Crippen LogP contribution in [0, 0.1) is 0 Å². The van der Waals surface area contributed by atoms with Crippen molar-refractivity contribution in [3.8, 4) is 0 Å². The van der Waals surface area contributed by atoms with Crippen molar-refractivity contribution in [3.05, 3.63) is 24.2 Å². The molecule has 1 aromatic heterocycles. The molecule has 0 aliphatic rings. The molecule has 0 saturated carbocycles. The van der Waals surface area contributed by atoms with Crippen LogP contribution in [-0.4, -0.2) is 17.6 Å². The lowest BCUT2D eigenvalue weighted by Crippen LogP contribution is -2.28. The average molecular weight is 225 g/mol. The van der Waals surface area contributed by atoms with E-state index in [4.69, 9.17) is 9.25 Å². The zero-order valence-electron chi connectivity index (χ0n) is 9.94. The van der Waals surface area contributed by atoms with E-state index in [2.05, 4.69) is 6.92 Å². The molecule has 0 unspecified atom stereocenters. The highest BCUT2D eigenvalue weighted by Gasteiger charge is 2.11. The lowest BCUT2D eigenvalue weighted by Gasteiger charge is -2.18. The number of carbonyl (C=O) groups excluding carboxylic acids is 1. The summed E-state index contributed by atoms with van der Waals surface area (Å²) in [6.07, 6.45) is 4.82. The molecule has 1 heterocycles. The number of amides is 1. The van der Waals surface area contributed by atoms with Crippen molar-refractivity contribution < 1.29 is 14.0 Å². The number of unbranched alkanes of at least 4 members (excludes halogenated alkanes) is 2. The van der Waals surface area contributed by atoms with Gasteiger partial charge in [0.25, 0.3) is 0 Å². The molecule has 0 aliphatic carbocycles. The molecule has 0 bridgehead atoms. The fourth-order valence-electron chi connectivity index (χ4n) is 1.32. The van der Waals surface area contributed by atoms with Crippen LogP contribution in [0.15, 0.2) is 22.8 Å². The molecular weight excluding hydrogens is 206 g/mol. The Morgan fingerprint density at radius 2 is 2.31 bits per heavy atom. The summed E-state index contributed by atoms with van der Waals surface area (Å²) in [5.41, 5.74) is 0. The van der Waals surface area contributed by atoms with Crippen molar-refractivity contribution in [2.75, 3.05) is 6.61 Å². The van der Waals surface area contributed by atoms with Gasteiger partial charge in [-0.15, -0.1) is 0 Å². The second-order valence-corrected chi connectivity index (χ2v) is 3.68. The Morgan fingerprint density at radius 1 is 1.50 bits per heavy atom. The second-order valence-electron chi connectivity index (χ2n) is 3.68. The van der Waals surface area contributed by atoms with Gasteiger partial charge in [0, 0.05) is 6.92 Å². The Hall–Kier alpha value is -1.29. The van der Waals surface area contributed by atoms with E-state index in [0.29, 0.717) is 13.2 Å². The zero-order chi connectivity index (χ0) is 11.8. The van der Waals surface area contributed by atoms with E-state index >= 15 is 0 Å². The first-order valence-electron chi connectivity index (χ1n) is 5.67. The summed E-state index contributed by atoms with van der Waals surface area (Å²) >= 11 is 0. The van der Waals surface area contributed by atoms with Crippen LogP contribution in [0.3, 0.4) is 0 Å². The van der Waals surface area contributed by atoms with E-state index in [0.717, 1.165) is 25.0 Å². The molecule has 4 heteroatoms. The molecule has 1 rings (SSSR count). The molecule has 0 fully saturated rings. The fraction of sp³-hybridized carbons (Fsp3) is 0.583. The molecular formula is C12H19NO3. The summed E-state index contributed by atoms with van der Waals surface area (Å²) in [7, 11) is 0. The number of hydroxylamine groups is 2. The number of rotatable bonds is 7. The number of hydrogen-bond acceptors (Lipinski definition) is 3. The predicted molar refractivity (Wildman–Crippen MR) is 60.4 cm³/mol. The first-order chi connectivity index (χ1) is 7.74. The maximum atomic E-state index is 11.3. The third-order valence-electron chi connectivity index (χ3n) is 2.23. The lowest BCUT2D eigenvalue weighted by molar-refractivity contribution is -0.189. The summed E-state index contributed by atoms with van der Waals surface area (Å²) in [6.45, 7) is 4.57. The Balaban J connectivity index is 2.33. The average Bonchev–Trinajstić information content (AvgIpc) is 2.75. The summed E-state index contributed by atoms with van der Waals surface area (Å²) in [5.74, 6) is 0.624. The van der Waals surface area contributed by atoms with Crippen molar-refractivity contribution in [3.63, 3.8) is 0 Å². The van der Waals surface area contributed by atoms with Gasteiger partial charge in [0.2, 0.25) is 5.91 Å². The van der Waals surface area contributed by atoms with Crippen LogP contribution >= 0.6 is 0 Å². The van der Waals surface area contributed by atoms with E-state index in [9.17, 15) is 4.79 Å². The van der Waals surface area contributed by atoms with Gasteiger partial charge in [-0.25, -0.2) is 5.06 Å². The Labute approximate surface area is 96.1 Å². The summed E-state index contributed by atoms with van der Waals surface area (Å²) in [6, 6.07) is 3.62. The first-order valence-corrected chi connectivity index (χ1v) is 5.67. The minimum absolute atomic E-state index is 0.104. The molecule has 0 aromatic carbocycles. The molecule has 16 heavy (non-hydrogen) atoms. The molecule has 0 atom stereocenters. The van der Waals surface area contributed by atoms with Gasteiger partial charge in [0.1, 0.15) is 12.3 Å². The topological polar surface area (TPSA) is 42.7 Å². The number of hydrogen-bond donors (Lipinski definition) is 0. The summed E-state index contributed by atoms with van der Waals surface area (Å²) in [4.78, 5) is 16.7. The Bertz CT molecular complexity index is 295. The summed E-state index contributed by atoms with van der Waals surface area (Å²) < 4.78 is 5.17. The van der Waals surface area contributed by atoms with Gasteiger partial charge in [-0.3, -0.25) is 9.63 Å². The van der Waals surface area contributed by atoms with E-state index in [-0.39, 0.29) is 5.91 Å². The largest absolute Gasteiger partial charge is 0.467 e. The normalized spacial score (nSPS) is 10.4. The van der Waals surface area contributed by atoms with Crippen molar-refractivity contribution >= 4 is 5.91 Å². The number of carbonyl (C=O) groups is 1. The molecule has 0 N–H and O–H groups in total. The van der Waals surface area contributed by atoms with Crippen molar-refractivity contribution in [1.82, 2.24) is 5.06 Å². The number of furan rings is 1. The lowest BCUT2D eigenvalue weighted by atomic mass is 10.3. The van der Waals surface area contributed by atoms with Gasteiger partial charge in [-0.2, -0.15) is 0 Å². The van der Waals surface area contributed by atoms with E-state index in [1.807, 2.05) is 6.07 Å². The van der Waals surface area contributed by atoms with Crippen molar-refractivity contribution in [2.24, 2.45) is 0 Å². The van der Waals surface area contributed by atoms with Crippen LogP contribution in [-0.2, 0) is 16.2 Å². The Morgan fingerprint density at radius 3 is 2.88 bits per heavy atom. The third kappa shape index (κ3) is 4.49. The Kier molecular flexibility index (Phi) is 5.64. The molecule has 90 valence electrons. The maximum Gasteiger partial charge on any atom is 0.243 e. The smallest absolute Gasteiger partial charge is 0.243 e. The summed E-state index contributed by atoms with van der Waals surface area (Å²) in [5, 5.41) is 1.34. The van der Waals surface area contributed by atoms with Crippen LogP contribution in [0.1, 0.15) is 38.9 Å². The highest BCUT2D eigenvalue weighted by atomic mass is 16.7. The van der Waals surface area contributed by atoms with Crippen LogP contribution in [0.5, 0.6) is 0 Å². The van der Waals surface area contributed by atoms with Gasteiger partial charge < -0.3 is 4.42 Å². The van der Waals surface area contributed by atoms with E-state index in [1.165, 1.54) is 12.0 Å². The third-order valence-corrected chi connectivity index (χ3v) is 2.23. The highest BCUT2D eigenvalue weighted by molar-refractivity contribution is 5.71. The predicted octanol–water partition coefficient (Wildman–Crippen LogP) is 2.75. The molecule has 0 radical (unpaired) electrons. The maximum absolute atomic E-state index is 11.3. The van der Waals surface area contributed by atoms with Crippen LogP contribution < -0.4 is 0 Å². The van der Waals surface area contributed by atoms with Gasteiger partial charge in [0.15, 0.2) is 0 Å². The van der Waals surface area contributed by atoms with Gasteiger partial charge >= 0.3 is 0 Å². The van der Waals surface area contributed by atoms with Crippen molar-refractivity contribution in [1.29, 1.82) is 0 Å². The first kappa shape index (κ1) is 12.8. The standard InChI is InChI=1S/C12H19NO3/c1-3-4-5-9-16-13(11(2)14)10-12-7-6-8-15-12/h6-8H,3-5,9-10H2,1-2H3. The second kappa shape index (κ2) is 7.06. The number of nitrogens with zero attached hydrogens (tertiary/aromatic N) is 1. The van der Waals surface area contributed by atoms with Crippen molar-refractivity contribution in [2.45, 2.75) is 39.7 Å². The van der Waals surface area contributed by atoms with E-state index < -0.39 is 0 Å². The van der Waals surface area contributed by atoms with Gasteiger partial charge in [-0.05, 0) is 18.6 Å². The molecule has 4 nitrogen and oxygen atoms in total. The van der Waals surface area contributed by atoms with Crippen LogP contribution in [0.4, 0.5) is 0 Å². The van der Waals surface area contributed by atoms with Crippen LogP contribution in [0.25, 0.3) is 0 Å². The molecule has 0 spiro atoms. The molecule has 1 aromatic rings. The monoisotopic (exact) mass is 225 g/mol. The van der Waals surface area contributed by atoms with E-state index in [1.54, 1.807) is 12.3 Å². The van der Waals surface area contributed by atoms with Crippen LogP contribution in [0.2, 0.25) is 0 Å². The van der Waals surface area contributed by atoms with Gasteiger partial charge in [0.05, 0.1) is 12.9 Å². The van der Waals surface area contributed by atoms with Gasteiger partial charge in [-0.1, -0.05) is 19.8 Å².